The molecule has 0 aliphatic carbocycles. The van der Waals surface area contributed by atoms with Crippen molar-refractivity contribution in [2.45, 2.75) is 0 Å². The highest BCUT2D eigenvalue weighted by Crippen LogP contribution is 2.30. The molecule has 3 rings (SSSR count). The van der Waals surface area contributed by atoms with Gasteiger partial charge in [-0.3, -0.25) is 0 Å². The topological polar surface area (TPSA) is 56.7 Å². The van der Waals surface area contributed by atoms with Crippen LogP contribution in [0.1, 0.15) is 0 Å². The minimum Gasteiger partial charge on any atom is -0.396 e. The predicted molar refractivity (Wildman–Crippen MR) is 76.2 cm³/mol. The molecule has 0 unspecified atom stereocenters. The van der Waals surface area contributed by atoms with Crippen molar-refractivity contribution < 1.29 is 0 Å². The van der Waals surface area contributed by atoms with Crippen molar-refractivity contribution >= 4 is 17.3 Å². The molecule has 0 spiro atoms. The number of aromatic nitrogens is 3. The Morgan fingerprint density at radius 2 is 1.84 bits per heavy atom. The molecule has 2 N–H and O–H groups in total. The first-order valence-corrected chi connectivity index (χ1v) is 6.15. The van der Waals surface area contributed by atoms with Crippen molar-refractivity contribution in [3.05, 3.63) is 59.9 Å². The van der Waals surface area contributed by atoms with E-state index in [4.69, 9.17) is 17.3 Å². The summed E-state index contributed by atoms with van der Waals surface area (Å²) in [6.45, 7) is 0. The van der Waals surface area contributed by atoms with Gasteiger partial charge in [-0.15, -0.1) is 0 Å². The van der Waals surface area contributed by atoms with Crippen LogP contribution in [0, 0.1) is 0 Å². The van der Waals surface area contributed by atoms with Crippen LogP contribution in [-0.4, -0.2) is 14.8 Å². The Bertz CT molecular complexity index is 706. The van der Waals surface area contributed by atoms with Gasteiger partial charge in [-0.05, 0) is 18.2 Å². The molecule has 2 aromatic heterocycles. The van der Waals surface area contributed by atoms with E-state index in [9.17, 15) is 0 Å². The number of hydrogen-bond donors (Lipinski definition) is 1. The van der Waals surface area contributed by atoms with Gasteiger partial charge in [-0.25, -0.2) is 9.67 Å². The Labute approximate surface area is 115 Å². The second-order valence-electron chi connectivity index (χ2n) is 4.05. The van der Waals surface area contributed by atoms with Gasteiger partial charge >= 0.3 is 0 Å². The zero-order valence-corrected chi connectivity index (χ0v) is 10.7. The van der Waals surface area contributed by atoms with Gasteiger partial charge in [-0.1, -0.05) is 35.9 Å². The normalized spacial score (nSPS) is 10.6. The lowest BCUT2D eigenvalue weighted by Gasteiger charge is -2.01. The van der Waals surface area contributed by atoms with Crippen LogP contribution in [0.2, 0.25) is 5.02 Å². The van der Waals surface area contributed by atoms with E-state index < -0.39 is 0 Å². The van der Waals surface area contributed by atoms with Gasteiger partial charge in [0.2, 0.25) is 0 Å². The molecule has 1 aromatic carbocycles. The van der Waals surface area contributed by atoms with Gasteiger partial charge < -0.3 is 5.73 Å². The summed E-state index contributed by atoms with van der Waals surface area (Å²) in [6.07, 6.45) is 3.45. The summed E-state index contributed by atoms with van der Waals surface area (Å²) in [5.41, 5.74) is 8.06. The van der Waals surface area contributed by atoms with Crippen LogP contribution in [0.15, 0.2) is 54.9 Å². The molecule has 0 radical (unpaired) electrons. The Morgan fingerprint density at radius 3 is 2.58 bits per heavy atom. The van der Waals surface area contributed by atoms with E-state index in [-0.39, 0.29) is 0 Å². The van der Waals surface area contributed by atoms with Crippen molar-refractivity contribution in [2.24, 2.45) is 0 Å². The molecule has 5 heteroatoms. The molecule has 0 fully saturated rings. The maximum atomic E-state index is 6.17. The maximum absolute atomic E-state index is 6.17. The summed E-state index contributed by atoms with van der Waals surface area (Å²) in [6, 6.07) is 13.1. The molecule has 0 aliphatic heterocycles. The number of benzene rings is 1. The zero-order valence-electron chi connectivity index (χ0n) is 9.99. The fraction of sp³-hybridized carbons (Fsp3) is 0. The summed E-state index contributed by atoms with van der Waals surface area (Å²) in [5.74, 6) is 0.715. The molecule has 0 atom stereocenters. The fourth-order valence-electron chi connectivity index (χ4n) is 1.86. The first-order valence-electron chi connectivity index (χ1n) is 5.77. The molecule has 3 aromatic rings. The van der Waals surface area contributed by atoms with E-state index >= 15 is 0 Å². The first kappa shape index (κ1) is 11.7. The van der Waals surface area contributed by atoms with E-state index in [2.05, 4.69) is 10.1 Å². The van der Waals surface area contributed by atoms with Crippen molar-refractivity contribution in [1.82, 2.24) is 14.8 Å². The van der Waals surface area contributed by atoms with Crippen molar-refractivity contribution in [3.63, 3.8) is 0 Å². The predicted octanol–water partition coefficient (Wildman–Crippen LogP) is 3.17. The Hall–Kier alpha value is -2.33. The Balaban J connectivity index is 2.11. The smallest absolute Gasteiger partial charge is 0.153 e. The number of pyridine rings is 1. The molecule has 0 bridgehead atoms. The van der Waals surface area contributed by atoms with Gasteiger partial charge in [0.15, 0.2) is 5.82 Å². The quantitative estimate of drug-likeness (QED) is 0.778. The largest absolute Gasteiger partial charge is 0.396 e. The minimum absolute atomic E-state index is 0.568. The zero-order chi connectivity index (χ0) is 13.2. The van der Waals surface area contributed by atoms with E-state index in [1.807, 2.05) is 42.5 Å². The SMILES string of the molecule is Nc1cn(-c2ccccn2)nc1-c1ccccc1Cl. The molecule has 2 heterocycles. The van der Waals surface area contributed by atoms with Crippen molar-refractivity contribution in [1.29, 1.82) is 0 Å². The Morgan fingerprint density at radius 1 is 1.05 bits per heavy atom. The Kier molecular flexibility index (Phi) is 2.93. The van der Waals surface area contributed by atoms with Crippen LogP contribution in [0.25, 0.3) is 17.1 Å². The highest BCUT2D eigenvalue weighted by atomic mass is 35.5. The average molecular weight is 271 g/mol. The molecule has 0 saturated carbocycles. The second-order valence-corrected chi connectivity index (χ2v) is 4.45. The van der Waals surface area contributed by atoms with Gasteiger partial charge in [0.05, 0.1) is 16.9 Å². The van der Waals surface area contributed by atoms with Crippen LogP contribution in [-0.2, 0) is 0 Å². The van der Waals surface area contributed by atoms with Crippen molar-refractivity contribution in [2.75, 3.05) is 5.73 Å². The third-order valence-corrected chi connectivity index (χ3v) is 3.09. The third-order valence-electron chi connectivity index (χ3n) is 2.76. The molecule has 0 amide bonds. The second kappa shape index (κ2) is 4.74. The number of nitrogen functional groups attached to an aromatic ring is 1. The fourth-order valence-corrected chi connectivity index (χ4v) is 2.08. The summed E-state index contributed by atoms with van der Waals surface area (Å²) < 4.78 is 1.65. The average Bonchev–Trinajstić information content (AvgIpc) is 2.82. The molecule has 94 valence electrons. The first-order chi connectivity index (χ1) is 9.25. The summed E-state index contributed by atoms with van der Waals surface area (Å²) in [7, 11) is 0. The standard InChI is InChI=1S/C14H11ClN4/c15-11-6-2-1-5-10(11)14-12(16)9-19(18-14)13-7-3-4-8-17-13/h1-9H,16H2. The lowest BCUT2D eigenvalue weighted by Crippen LogP contribution is -1.97. The van der Waals surface area contributed by atoms with Crippen LogP contribution in [0.4, 0.5) is 5.69 Å². The van der Waals surface area contributed by atoms with Crippen LogP contribution in [0.5, 0.6) is 0 Å². The number of nitrogens with two attached hydrogens (primary N) is 1. The highest BCUT2D eigenvalue weighted by molar-refractivity contribution is 6.33. The highest BCUT2D eigenvalue weighted by Gasteiger charge is 2.12. The van der Waals surface area contributed by atoms with Crippen LogP contribution < -0.4 is 5.73 Å². The van der Waals surface area contributed by atoms with E-state index in [1.54, 1.807) is 17.1 Å². The third kappa shape index (κ3) is 2.18. The molecular formula is C14H11ClN4. The molecule has 0 saturated heterocycles. The molecule has 19 heavy (non-hydrogen) atoms. The van der Waals surface area contributed by atoms with Gasteiger partial charge in [0.1, 0.15) is 5.69 Å². The van der Waals surface area contributed by atoms with Gasteiger partial charge in [0, 0.05) is 11.8 Å². The number of anilines is 1. The minimum atomic E-state index is 0.568. The van der Waals surface area contributed by atoms with Crippen LogP contribution >= 0.6 is 11.6 Å². The molecule has 4 nitrogen and oxygen atoms in total. The summed E-state index contributed by atoms with van der Waals surface area (Å²) in [4.78, 5) is 4.23. The van der Waals surface area contributed by atoms with Gasteiger partial charge in [-0.2, -0.15) is 5.10 Å². The van der Waals surface area contributed by atoms with Crippen LogP contribution in [0.3, 0.4) is 0 Å². The monoisotopic (exact) mass is 270 g/mol. The van der Waals surface area contributed by atoms with E-state index in [0.717, 1.165) is 5.56 Å². The number of nitrogens with zero attached hydrogens (tertiary/aromatic N) is 3. The molecular weight excluding hydrogens is 260 g/mol. The molecule has 0 aliphatic rings. The lowest BCUT2D eigenvalue weighted by atomic mass is 10.1. The maximum Gasteiger partial charge on any atom is 0.153 e. The van der Waals surface area contributed by atoms with Crippen molar-refractivity contribution in [3.8, 4) is 17.1 Å². The van der Waals surface area contributed by atoms with Gasteiger partial charge in [0.25, 0.3) is 0 Å². The van der Waals surface area contributed by atoms with E-state index in [0.29, 0.717) is 22.2 Å². The number of hydrogen-bond acceptors (Lipinski definition) is 3. The summed E-state index contributed by atoms with van der Waals surface area (Å²) >= 11 is 6.17. The number of halogens is 1. The number of rotatable bonds is 2. The summed E-state index contributed by atoms with van der Waals surface area (Å²) in [5, 5.41) is 5.08. The van der Waals surface area contributed by atoms with E-state index in [1.165, 1.54) is 0 Å². The lowest BCUT2D eigenvalue weighted by molar-refractivity contribution is 0.850.